The van der Waals surface area contributed by atoms with Gasteiger partial charge in [-0.1, -0.05) is 22.5 Å². The van der Waals surface area contributed by atoms with Gasteiger partial charge in [-0.25, -0.2) is 0 Å². The zero-order valence-corrected chi connectivity index (χ0v) is 9.82. The molecule has 0 bridgehead atoms. The fourth-order valence-electron chi connectivity index (χ4n) is 0.716. The Morgan fingerprint density at radius 3 is 2.36 bits per heavy atom. The molecule has 0 aliphatic carbocycles. The predicted octanol–water partition coefficient (Wildman–Crippen LogP) is 0.580. The normalized spacial score (nSPS) is 9.29. The lowest BCUT2D eigenvalue weighted by Gasteiger charge is -2.05. The number of carbonyl (C=O) groups excluding carboxylic acids is 2. The SMILES string of the molecule is C=C(C)C(=O)NCCCNC(=O)CBr. The first kappa shape index (κ1) is 13.2. The number of hydrogen-bond acceptors (Lipinski definition) is 2. The molecule has 0 aromatic rings. The Hall–Kier alpha value is -0.840. The van der Waals surface area contributed by atoms with Crippen molar-refractivity contribution in [1.29, 1.82) is 0 Å². The van der Waals surface area contributed by atoms with Crippen molar-refractivity contribution < 1.29 is 9.59 Å². The number of rotatable bonds is 6. The highest BCUT2D eigenvalue weighted by Crippen LogP contribution is 1.85. The van der Waals surface area contributed by atoms with Crippen LogP contribution in [0.25, 0.3) is 0 Å². The lowest BCUT2D eigenvalue weighted by atomic mass is 10.3. The summed E-state index contributed by atoms with van der Waals surface area (Å²) in [5.74, 6) is -0.187. The fraction of sp³-hybridized carbons (Fsp3) is 0.556. The molecule has 0 unspecified atom stereocenters. The Morgan fingerprint density at radius 2 is 1.86 bits per heavy atom. The molecule has 0 spiro atoms. The van der Waals surface area contributed by atoms with Crippen LogP contribution in [0.2, 0.25) is 0 Å². The van der Waals surface area contributed by atoms with Crippen molar-refractivity contribution in [3.8, 4) is 0 Å². The summed E-state index contributed by atoms with van der Waals surface area (Å²) in [4.78, 5) is 21.7. The smallest absolute Gasteiger partial charge is 0.246 e. The second kappa shape index (κ2) is 7.55. The molecule has 0 aromatic carbocycles. The van der Waals surface area contributed by atoms with E-state index in [1.165, 1.54) is 0 Å². The van der Waals surface area contributed by atoms with Crippen molar-refractivity contribution in [3.05, 3.63) is 12.2 Å². The molecule has 0 aliphatic heterocycles. The monoisotopic (exact) mass is 262 g/mol. The van der Waals surface area contributed by atoms with Crippen molar-refractivity contribution in [2.75, 3.05) is 18.4 Å². The van der Waals surface area contributed by atoms with E-state index in [0.717, 1.165) is 6.42 Å². The van der Waals surface area contributed by atoms with Crippen LogP contribution in [-0.4, -0.2) is 30.2 Å². The second-order valence-corrected chi connectivity index (χ2v) is 3.43. The van der Waals surface area contributed by atoms with Crippen molar-refractivity contribution in [1.82, 2.24) is 10.6 Å². The number of nitrogens with one attached hydrogen (secondary N) is 2. The largest absolute Gasteiger partial charge is 0.355 e. The highest BCUT2D eigenvalue weighted by atomic mass is 79.9. The molecule has 0 heterocycles. The summed E-state index contributed by atoms with van der Waals surface area (Å²) in [7, 11) is 0. The van der Waals surface area contributed by atoms with Crippen LogP contribution in [0.3, 0.4) is 0 Å². The number of carbonyl (C=O) groups is 2. The molecule has 0 radical (unpaired) electrons. The summed E-state index contributed by atoms with van der Waals surface area (Å²) in [5.41, 5.74) is 0.495. The minimum atomic E-state index is -0.142. The van der Waals surface area contributed by atoms with E-state index in [1.54, 1.807) is 6.92 Å². The summed E-state index contributed by atoms with van der Waals surface area (Å²) in [6.07, 6.45) is 0.720. The molecule has 0 saturated carbocycles. The van der Waals surface area contributed by atoms with Gasteiger partial charge in [0.1, 0.15) is 0 Å². The third kappa shape index (κ3) is 6.65. The van der Waals surface area contributed by atoms with Crippen LogP contribution >= 0.6 is 15.9 Å². The van der Waals surface area contributed by atoms with E-state index in [2.05, 4.69) is 33.1 Å². The van der Waals surface area contributed by atoms with E-state index < -0.39 is 0 Å². The van der Waals surface area contributed by atoms with Gasteiger partial charge in [0, 0.05) is 18.7 Å². The minimum absolute atomic E-state index is 0.0452. The maximum Gasteiger partial charge on any atom is 0.246 e. The molecule has 0 aliphatic rings. The van der Waals surface area contributed by atoms with Gasteiger partial charge in [0.25, 0.3) is 0 Å². The fourth-order valence-corrected chi connectivity index (χ4v) is 0.914. The maximum atomic E-state index is 11.0. The molecule has 5 heteroatoms. The van der Waals surface area contributed by atoms with E-state index >= 15 is 0 Å². The highest BCUT2D eigenvalue weighted by Gasteiger charge is 2.00. The lowest BCUT2D eigenvalue weighted by molar-refractivity contribution is -0.118. The molecule has 0 rings (SSSR count). The van der Waals surface area contributed by atoms with Crippen LogP contribution in [0.5, 0.6) is 0 Å². The molecular formula is C9H15BrN2O2. The highest BCUT2D eigenvalue weighted by molar-refractivity contribution is 9.09. The van der Waals surface area contributed by atoms with Crippen LogP contribution in [0.4, 0.5) is 0 Å². The molecule has 0 atom stereocenters. The lowest BCUT2D eigenvalue weighted by Crippen LogP contribution is -2.30. The van der Waals surface area contributed by atoms with E-state index in [4.69, 9.17) is 0 Å². The van der Waals surface area contributed by atoms with Gasteiger partial charge in [0.05, 0.1) is 5.33 Å². The Morgan fingerprint density at radius 1 is 1.29 bits per heavy atom. The Labute approximate surface area is 92.3 Å². The summed E-state index contributed by atoms with van der Waals surface area (Å²) >= 11 is 3.03. The average Bonchev–Trinajstić information content (AvgIpc) is 2.16. The molecule has 2 amide bonds. The van der Waals surface area contributed by atoms with Gasteiger partial charge in [0.15, 0.2) is 0 Å². The molecule has 0 fully saturated rings. The molecule has 80 valence electrons. The third-order valence-electron chi connectivity index (χ3n) is 1.47. The van der Waals surface area contributed by atoms with Gasteiger partial charge in [-0.3, -0.25) is 9.59 Å². The number of amides is 2. The Kier molecular flexibility index (Phi) is 7.10. The third-order valence-corrected chi connectivity index (χ3v) is 1.98. The number of alkyl halides is 1. The summed E-state index contributed by atoms with van der Waals surface area (Å²) in [5, 5.41) is 5.66. The van der Waals surface area contributed by atoms with E-state index in [0.29, 0.717) is 24.0 Å². The zero-order chi connectivity index (χ0) is 11.0. The summed E-state index contributed by atoms with van der Waals surface area (Å²) in [6.45, 7) is 6.28. The maximum absolute atomic E-state index is 11.0. The van der Waals surface area contributed by atoms with Gasteiger partial charge in [0.2, 0.25) is 11.8 Å². The van der Waals surface area contributed by atoms with Gasteiger partial charge >= 0.3 is 0 Å². The molecule has 4 nitrogen and oxygen atoms in total. The van der Waals surface area contributed by atoms with E-state index in [9.17, 15) is 9.59 Å². The van der Waals surface area contributed by atoms with Crippen molar-refractivity contribution in [2.45, 2.75) is 13.3 Å². The van der Waals surface area contributed by atoms with Crippen molar-refractivity contribution in [2.24, 2.45) is 0 Å². The van der Waals surface area contributed by atoms with Gasteiger partial charge in [-0.15, -0.1) is 0 Å². The first-order valence-electron chi connectivity index (χ1n) is 4.34. The number of hydrogen-bond donors (Lipinski definition) is 2. The standard InChI is InChI=1S/C9H15BrN2O2/c1-7(2)9(14)12-5-3-4-11-8(13)6-10/h1,3-6H2,2H3,(H,11,13)(H,12,14). The van der Waals surface area contributed by atoms with Crippen molar-refractivity contribution in [3.63, 3.8) is 0 Å². The quantitative estimate of drug-likeness (QED) is 0.418. The summed E-state index contributed by atoms with van der Waals surface area (Å²) in [6, 6.07) is 0. The predicted molar refractivity (Wildman–Crippen MR) is 59.2 cm³/mol. The molecule has 14 heavy (non-hydrogen) atoms. The van der Waals surface area contributed by atoms with Crippen LogP contribution in [0.15, 0.2) is 12.2 Å². The number of halogens is 1. The van der Waals surface area contributed by atoms with Crippen LogP contribution in [0, 0.1) is 0 Å². The van der Waals surface area contributed by atoms with Crippen molar-refractivity contribution >= 4 is 27.7 Å². The van der Waals surface area contributed by atoms with E-state index in [-0.39, 0.29) is 11.8 Å². The minimum Gasteiger partial charge on any atom is -0.355 e. The van der Waals surface area contributed by atoms with Crippen LogP contribution in [-0.2, 0) is 9.59 Å². The molecule has 0 saturated heterocycles. The molecule has 2 N–H and O–H groups in total. The van der Waals surface area contributed by atoms with Gasteiger partial charge in [-0.05, 0) is 13.3 Å². The summed E-state index contributed by atoms with van der Waals surface area (Å²) < 4.78 is 0. The van der Waals surface area contributed by atoms with Crippen LogP contribution < -0.4 is 10.6 Å². The Balaban J connectivity index is 3.34. The first-order chi connectivity index (χ1) is 6.57. The van der Waals surface area contributed by atoms with E-state index in [1.807, 2.05) is 0 Å². The Bertz CT molecular complexity index is 229. The molecular weight excluding hydrogens is 248 g/mol. The molecule has 0 aromatic heterocycles. The second-order valence-electron chi connectivity index (χ2n) is 2.87. The average molecular weight is 263 g/mol. The topological polar surface area (TPSA) is 58.2 Å². The first-order valence-corrected chi connectivity index (χ1v) is 5.46. The zero-order valence-electron chi connectivity index (χ0n) is 8.23. The van der Waals surface area contributed by atoms with Gasteiger partial charge in [-0.2, -0.15) is 0 Å². The van der Waals surface area contributed by atoms with Gasteiger partial charge < -0.3 is 10.6 Å². The van der Waals surface area contributed by atoms with Crippen LogP contribution in [0.1, 0.15) is 13.3 Å².